The first-order valence-electron chi connectivity index (χ1n) is 6.22. The number of aryl methyl sites for hydroxylation is 1. The van der Waals surface area contributed by atoms with E-state index in [1.54, 1.807) is 49.4 Å². The highest BCUT2D eigenvalue weighted by Gasteiger charge is 2.17. The van der Waals surface area contributed by atoms with Gasteiger partial charge in [-0.25, -0.2) is 13.1 Å². The molecule has 6 nitrogen and oxygen atoms in total. The number of rotatable bonds is 6. The van der Waals surface area contributed by atoms with Crippen molar-refractivity contribution >= 4 is 10.0 Å². The molecule has 0 aliphatic rings. The van der Waals surface area contributed by atoms with Crippen molar-refractivity contribution in [3.63, 3.8) is 0 Å². The summed E-state index contributed by atoms with van der Waals surface area (Å²) in [7, 11) is 0.0470. The van der Waals surface area contributed by atoms with Crippen LogP contribution >= 0.6 is 0 Å². The molecule has 7 heteroatoms. The zero-order valence-electron chi connectivity index (χ0n) is 11.5. The van der Waals surface area contributed by atoms with Gasteiger partial charge < -0.3 is 5.32 Å². The first kappa shape index (κ1) is 14.7. The van der Waals surface area contributed by atoms with Crippen LogP contribution in [0.4, 0.5) is 0 Å². The molecular formula is C13H18N4O2S. The van der Waals surface area contributed by atoms with Gasteiger partial charge in [-0.05, 0) is 18.7 Å². The molecule has 0 bridgehead atoms. The van der Waals surface area contributed by atoms with Gasteiger partial charge in [0.1, 0.15) is 0 Å². The van der Waals surface area contributed by atoms with E-state index >= 15 is 0 Å². The van der Waals surface area contributed by atoms with Gasteiger partial charge in [0, 0.05) is 31.9 Å². The van der Waals surface area contributed by atoms with E-state index in [2.05, 4.69) is 15.1 Å². The van der Waals surface area contributed by atoms with Gasteiger partial charge in [-0.2, -0.15) is 5.10 Å². The lowest BCUT2D eigenvalue weighted by Gasteiger charge is -2.10. The Labute approximate surface area is 118 Å². The summed E-state index contributed by atoms with van der Waals surface area (Å²) in [5, 5.41) is 6.98. The molecule has 0 spiro atoms. The number of aromatic nitrogens is 2. The van der Waals surface area contributed by atoms with E-state index in [4.69, 9.17) is 0 Å². The molecule has 20 heavy (non-hydrogen) atoms. The van der Waals surface area contributed by atoms with E-state index < -0.39 is 10.0 Å². The Morgan fingerprint density at radius 1 is 1.25 bits per heavy atom. The molecule has 108 valence electrons. The van der Waals surface area contributed by atoms with Gasteiger partial charge in [0.15, 0.2) is 0 Å². The third-order valence-corrected chi connectivity index (χ3v) is 4.36. The Balaban J connectivity index is 2.18. The molecule has 0 radical (unpaired) electrons. The summed E-state index contributed by atoms with van der Waals surface area (Å²) in [6.07, 6.45) is 3.42. The van der Waals surface area contributed by atoms with Crippen LogP contribution in [0.25, 0.3) is 0 Å². The van der Waals surface area contributed by atoms with Crippen molar-refractivity contribution in [1.82, 2.24) is 19.8 Å². The van der Waals surface area contributed by atoms with Gasteiger partial charge in [-0.15, -0.1) is 0 Å². The normalized spacial score (nSPS) is 11.7. The van der Waals surface area contributed by atoms with E-state index in [-0.39, 0.29) is 6.54 Å². The summed E-state index contributed by atoms with van der Waals surface area (Å²) in [6.45, 7) is 0.730. The molecule has 0 aliphatic heterocycles. The molecule has 1 aromatic heterocycles. The first-order chi connectivity index (χ1) is 9.53. The van der Waals surface area contributed by atoms with Crippen molar-refractivity contribution in [2.24, 2.45) is 7.05 Å². The van der Waals surface area contributed by atoms with Gasteiger partial charge in [0.2, 0.25) is 10.0 Å². The maximum absolute atomic E-state index is 12.3. The van der Waals surface area contributed by atoms with Crippen molar-refractivity contribution in [3.05, 3.63) is 47.8 Å². The molecule has 0 saturated carbocycles. The Morgan fingerprint density at radius 2 is 2.00 bits per heavy atom. The minimum Gasteiger partial charge on any atom is -0.316 e. The smallest absolute Gasteiger partial charge is 0.241 e. The van der Waals surface area contributed by atoms with Crippen molar-refractivity contribution in [2.75, 3.05) is 7.05 Å². The predicted octanol–water partition coefficient (Wildman–Crippen LogP) is 0.618. The molecule has 1 heterocycles. The lowest BCUT2D eigenvalue weighted by molar-refractivity contribution is 0.579. The van der Waals surface area contributed by atoms with Gasteiger partial charge >= 0.3 is 0 Å². The third-order valence-electron chi connectivity index (χ3n) is 2.85. The van der Waals surface area contributed by atoms with Crippen LogP contribution in [0.2, 0.25) is 0 Å². The van der Waals surface area contributed by atoms with E-state index in [1.807, 2.05) is 6.07 Å². The first-order valence-corrected chi connectivity index (χ1v) is 7.71. The standard InChI is InChI=1S/C13H18N4O2S/c1-14-9-12-5-3-4-6-13(12)20(18,19)16-8-11-7-15-17(2)10-11/h3-7,10,14,16H,8-9H2,1-2H3. The van der Waals surface area contributed by atoms with Crippen LogP contribution in [-0.2, 0) is 30.2 Å². The van der Waals surface area contributed by atoms with Crippen molar-refractivity contribution in [1.29, 1.82) is 0 Å². The maximum atomic E-state index is 12.3. The van der Waals surface area contributed by atoms with E-state index in [0.717, 1.165) is 11.1 Å². The molecule has 0 amide bonds. The molecule has 0 saturated heterocycles. The van der Waals surface area contributed by atoms with Crippen LogP contribution in [0.1, 0.15) is 11.1 Å². The molecule has 0 aliphatic carbocycles. The Kier molecular flexibility index (Phi) is 4.53. The Morgan fingerprint density at radius 3 is 2.65 bits per heavy atom. The van der Waals surface area contributed by atoms with Gasteiger partial charge in [0.05, 0.1) is 11.1 Å². The molecule has 0 unspecified atom stereocenters. The fourth-order valence-corrected chi connectivity index (χ4v) is 3.18. The lowest BCUT2D eigenvalue weighted by atomic mass is 10.2. The summed E-state index contributed by atoms with van der Waals surface area (Å²) < 4.78 is 28.9. The summed E-state index contributed by atoms with van der Waals surface area (Å²) in [4.78, 5) is 0.304. The monoisotopic (exact) mass is 294 g/mol. The lowest BCUT2D eigenvalue weighted by Crippen LogP contribution is -2.25. The third kappa shape index (κ3) is 3.44. The molecule has 2 N–H and O–H groups in total. The zero-order valence-corrected chi connectivity index (χ0v) is 12.3. The molecule has 2 aromatic rings. The van der Waals surface area contributed by atoms with Crippen LogP contribution < -0.4 is 10.0 Å². The number of sulfonamides is 1. The van der Waals surface area contributed by atoms with Crippen LogP contribution in [0, 0.1) is 0 Å². The molecule has 2 rings (SSSR count). The topological polar surface area (TPSA) is 76.0 Å². The summed E-state index contributed by atoms with van der Waals surface area (Å²) in [5.74, 6) is 0. The van der Waals surface area contributed by atoms with Crippen molar-refractivity contribution < 1.29 is 8.42 Å². The molecule has 1 aromatic carbocycles. The molecule has 0 fully saturated rings. The summed E-state index contributed by atoms with van der Waals surface area (Å²) >= 11 is 0. The van der Waals surface area contributed by atoms with Gasteiger partial charge in [-0.1, -0.05) is 18.2 Å². The largest absolute Gasteiger partial charge is 0.316 e. The van der Waals surface area contributed by atoms with Crippen LogP contribution in [0.15, 0.2) is 41.6 Å². The fraction of sp³-hybridized carbons (Fsp3) is 0.308. The number of hydrogen-bond donors (Lipinski definition) is 2. The highest BCUT2D eigenvalue weighted by Crippen LogP contribution is 2.15. The highest BCUT2D eigenvalue weighted by molar-refractivity contribution is 7.89. The van der Waals surface area contributed by atoms with Crippen molar-refractivity contribution in [2.45, 2.75) is 18.0 Å². The maximum Gasteiger partial charge on any atom is 0.241 e. The summed E-state index contributed by atoms with van der Waals surface area (Å²) in [5.41, 5.74) is 1.57. The second-order valence-electron chi connectivity index (χ2n) is 4.48. The van der Waals surface area contributed by atoms with Crippen molar-refractivity contribution in [3.8, 4) is 0 Å². The highest BCUT2D eigenvalue weighted by atomic mass is 32.2. The van der Waals surface area contributed by atoms with Gasteiger partial charge in [-0.3, -0.25) is 4.68 Å². The average Bonchev–Trinajstić information content (AvgIpc) is 2.83. The van der Waals surface area contributed by atoms with E-state index in [0.29, 0.717) is 11.4 Å². The predicted molar refractivity (Wildman–Crippen MR) is 76.4 cm³/mol. The SMILES string of the molecule is CNCc1ccccc1S(=O)(=O)NCc1cnn(C)c1. The average molecular weight is 294 g/mol. The number of benzene rings is 1. The fourth-order valence-electron chi connectivity index (χ4n) is 1.92. The van der Waals surface area contributed by atoms with E-state index in [1.165, 1.54) is 0 Å². The Bertz CT molecular complexity index is 679. The zero-order chi connectivity index (χ0) is 14.6. The second-order valence-corrected chi connectivity index (χ2v) is 6.22. The van der Waals surface area contributed by atoms with Gasteiger partial charge in [0.25, 0.3) is 0 Å². The number of nitrogens with zero attached hydrogens (tertiary/aromatic N) is 2. The minimum atomic E-state index is -3.53. The van der Waals surface area contributed by atoms with Crippen LogP contribution in [-0.4, -0.2) is 25.2 Å². The minimum absolute atomic E-state index is 0.226. The van der Waals surface area contributed by atoms with E-state index in [9.17, 15) is 8.42 Å². The van der Waals surface area contributed by atoms with Crippen LogP contribution in [0.5, 0.6) is 0 Å². The summed E-state index contributed by atoms with van der Waals surface area (Å²) in [6, 6.07) is 6.96. The Hall–Kier alpha value is -1.70. The second kappa shape index (κ2) is 6.17. The number of nitrogens with one attached hydrogen (secondary N) is 2. The molecule has 0 atom stereocenters. The molecular weight excluding hydrogens is 276 g/mol. The van der Waals surface area contributed by atoms with Crippen LogP contribution in [0.3, 0.4) is 0 Å². The number of hydrogen-bond acceptors (Lipinski definition) is 4. The quantitative estimate of drug-likeness (QED) is 0.819.